The van der Waals surface area contributed by atoms with Gasteiger partial charge in [0.2, 0.25) is 0 Å². The normalized spacial score (nSPS) is 15.1. The van der Waals surface area contributed by atoms with E-state index in [4.69, 9.17) is 0 Å². The van der Waals surface area contributed by atoms with E-state index in [-0.39, 0.29) is 11.1 Å². The van der Waals surface area contributed by atoms with Gasteiger partial charge in [-0.3, -0.25) is 19.7 Å². The number of nitrogens with one attached hydrogen (secondary N) is 1. The number of carbonyl (C=O) groups excluding carboxylic acids is 3. The molecule has 1 N–H and O–H groups in total. The first-order valence-electron chi connectivity index (χ1n) is 3.79. The Labute approximate surface area is 87.4 Å². The summed E-state index contributed by atoms with van der Waals surface area (Å²) in [5, 5.41) is 1.96. The van der Waals surface area contributed by atoms with Gasteiger partial charge in [0.05, 0.1) is 5.56 Å². The fourth-order valence-corrected chi connectivity index (χ4v) is 1.61. The molecule has 0 saturated heterocycles. The van der Waals surface area contributed by atoms with E-state index in [0.29, 0.717) is 4.47 Å². The van der Waals surface area contributed by atoms with Gasteiger partial charge in [0.15, 0.2) is 0 Å². The molecule has 4 nitrogen and oxygen atoms in total. The van der Waals surface area contributed by atoms with Crippen LogP contribution in [0.5, 0.6) is 0 Å². The standard InChI is InChI=1S/C9H4BrNO3/c10-4-1-2-5-6(3-4)8(13)11-9(14)7(5)12/h1-3H,(H,11,13,14). The number of imide groups is 1. The molecule has 0 bridgehead atoms. The summed E-state index contributed by atoms with van der Waals surface area (Å²) < 4.78 is 0.688. The second-order valence-electron chi connectivity index (χ2n) is 2.80. The smallest absolute Gasteiger partial charge is 0.285 e. The number of carbonyl (C=O) groups is 3. The highest BCUT2D eigenvalue weighted by Crippen LogP contribution is 2.19. The molecular weight excluding hydrogens is 250 g/mol. The zero-order valence-electron chi connectivity index (χ0n) is 6.83. The number of benzene rings is 1. The summed E-state index contributed by atoms with van der Waals surface area (Å²) in [6.45, 7) is 0. The maximum atomic E-state index is 11.3. The lowest BCUT2D eigenvalue weighted by molar-refractivity contribution is -0.116. The molecule has 0 fully saturated rings. The lowest BCUT2D eigenvalue weighted by Crippen LogP contribution is -2.41. The maximum Gasteiger partial charge on any atom is 0.299 e. The monoisotopic (exact) mass is 253 g/mol. The van der Waals surface area contributed by atoms with Gasteiger partial charge in [-0.25, -0.2) is 0 Å². The highest BCUT2D eigenvalue weighted by Gasteiger charge is 2.30. The number of halogens is 1. The summed E-state index contributed by atoms with van der Waals surface area (Å²) >= 11 is 3.18. The van der Waals surface area contributed by atoms with Crippen molar-refractivity contribution in [2.75, 3.05) is 0 Å². The van der Waals surface area contributed by atoms with Crippen LogP contribution in [0.25, 0.3) is 0 Å². The molecule has 70 valence electrons. The number of Topliss-reactive ketones (excluding diaryl/α,β-unsaturated/α-hetero) is 1. The highest BCUT2D eigenvalue weighted by molar-refractivity contribution is 9.10. The molecule has 0 unspecified atom stereocenters. The highest BCUT2D eigenvalue weighted by atomic mass is 79.9. The van der Waals surface area contributed by atoms with Crippen molar-refractivity contribution < 1.29 is 14.4 Å². The predicted molar refractivity (Wildman–Crippen MR) is 50.9 cm³/mol. The number of amides is 2. The Kier molecular flexibility index (Phi) is 1.96. The van der Waals surface area contributed by atoms with Crippen molar-refractivity contribution in [2.45, 2.75) is 0 Å². The van der Waals surface area contributed by atoms with Crippen molar-refractivity contribution in [2.24, 2.45) is 0 Å². The van der Waals surface area contributed by atoms with E-state index < -0.39 is 17.6 Å². The molecule has 1 aliphatic rings. The summed E-state index contributed by atoms with van der Waals surface area (Å²) in [7, 11) is 0. The van der Waals surface area contributed by atoms with Gasteiger partial charge >= 0.3 is 0 Å². The number of rotatable bonds is 0. The molecule has 0 spiro atoms. The number of fused-ring (bicyclic) bond motifs is 1. The Hall–Kier alpha value is -1.49. The molecule has 0 aromatic heterocycles. The van der Waals surface area contributed by atoms with E-state index in [1.165, 1.54) is 12.1 Å². The van der Waals surface area contributed by atoms with E-state index in [9.17, 15) is 14.4 Å². The van der Waals surface area contributed by atoms with Crippen molar-refractivity contribution in [3.8, 4) is 0 Å². The quantitative estimate of drug-likeness (QED) is 0.552. The van der Waals surface area contributed by atoms with E-state index in [1.807, 2.05) is 5.32 Å². The Morgan fingerprint density at radius 3 is 2.43 bits per heavy atom. The van der Waals surface area contributed by atoms with Crippen molar-refractivity contribution in [3.05, 3.63) is 33.8 Å². The number of ketones is 1. The van der Waals surface area contributed by atoms with Crippen LogP contribution in [-0.4, -0.2) is 17.6 Å². The van der Waals surface area contributed by atoms with Crippen LogP contribution in [0, 0.1) is 0 Å². The van der Waals surface area contributed by atoms with Gasteiger partial charge in [0, 0.05) is 10.0 Å². The predicted octanol–water partition coefficient (Wildman–Crippen LogP) is 0.902. The maximum absolute atomic E-state index is 11.3. The van der Waals surface area contributed by atoms with Crippen LogP contribution in [0.4, 0.5) is 0 Å². The third kappa shape index (κ3) is 1.26. The molecule has 0 saturated carbocycles. The molecular formula is C9H4BrNO3. The van der Waals surface area contributed by atoms with Crippen molar-refractivity contribution in [1.29, 1.82) is 0 Å². The first-order valence-corrected chi connectivity index (χ1v) is 4.58. The second kappa shape index (κ2) is 3.02. The molecule has 5 heteroatoms. The van der Waals surface area contributed by atoms with Crippen LogP contribution in [0.1, 0.15) is 20.7 Å². The average Bonchev–Trinajstić information content (AvgIpc) is 2.14. The van der Waals surface area contributed by atoms with Crippen molar-refractivity contribution >= 4 is 33.5 Å². The summed E-state index contributed by atoms with van der Waals surface area (Å²) in [6, 6.07) is 4.58. The summed E-state index contributed by atoms with van der Waals surface area (Å²) in [6.07, 6.45) is 0. The second-order valence-corrected chi connectivity index (χ2v) is 3.72. The molecule has 0 aliphatic carbocycles. The first-order chi connectivity index (χ1) is 6.59. The van der Waals surface area contributed by atoms with Crippen LogP contribution in [-0.2, 0) is 4.79 Å². The van der Waals surface area contributed by atoms with Crippen LogP contribution < -0.4 is 5.32 Å². The molecule has 1 aromatic rings. The average molecular weight is 254 g/mol. The minimum atomic E-state index is -0.871. The SMILES string of the molecule is O=C1NC(=O)c2cc(Br)ccc2C1=O. The Morgan fingerprint density at radius 2 is 1.71 bits per heavy atom. The van der Waals surface area contributed by atoms with Crippen molar-refractivity contribution in [1.82, 2.24) is 5.32 Å². The Morgan fingerprint density at radius 1 is 1.00 bits per heavy atom. The van der Waals surface area contributed by atoms with Gasteiger partial charge in [-0.2, -0.15) is 0 Å². The third-order valence-electron chi connectivity index (χ3n) is 1.90. The van der Waals surface area contributed by atoms with Gasteiger partial charge in [-0.1, -0.05) is 15.9 Å². The van der Waals surface area contributed by atoms with E-state index in [0.717, 1.165) is 0 Å². The first kappa shape index (κ1) is 9.08. The molecule has 1 aliphatic heterocycles. The third-order valence-corrected chi connectivity index (χ3v) is 2.40. The summed E-state index contributed by atoms with van der Waals surface area (Å²) in [4.78, 5) is 33.5. The fraction of sp³-hybridized carbons (Fsp3) is 0. The van der Waals surface area contributed by atoms with Gasteiger partial charge in [0.25, 0.3) is 17.6 Å². The molecule has 1 aromatic carbocycles. The lowest BCUT2D eigenvalue weighted by Gasteiger charge is -2.13. The van der Waals surface area contributed by atoms with Gasteiger partial charge in [0.1, 0.15) is 0 Å². The Bertz CT molecular complexity index is 467. The number of hydrogen-bond acceptors (Lipinski definition) is 3. The molecule has 0 atom stereocenters. The summed E-state index contributed by atoms with van der Waals surface area (Å²) in [5.74, 6) is -2.08. The van der Waals surface area contributed by atoms with E-state index in [1.54, 1.807) is 6.07 Å². The molecule has 1 heterocycles. The van der Waals surface area contributed by atoms with Crippen LogP contribution in [0.15, 0.2) is 22.7 Å². The molecule has 14 heavy (non-hydrogen) atoms. The Balaban J connectivity index is 2.67. The van der Waals surface area contributed by atoms with Gasteiger partial charge in [-0.05, 0) is 18.2 Å². The number of hydrogen-bond donors (Lipinski definition) is 1. The minimum absolute atomic E-state index is 0.155. The largest absolute Gasteiger partial charge is 0.299 e. The summed E-state index contributed by atoms with van der Waals surface area (Å²) in [5.41, 5.74) is 0.380. The molecule has 0 radical (unpaired) electrons. The fourth-order valence-electron chi connectivity index (χ4n) is 1.25. The zero-order chi connectivity index (χ0) is 10.3. The van der Waals surface area contributed by atoms with Crippen molar-refractivity contribution in [3.63, 3.8) is 0 Å². The topological polar surface area (TPSA) is 63.2 Å². The van der Waals surface area contributed by atoms with E-state index >= 15 is 0 Å². The van der Waals surface area contributed by atoms with Crippen LogP contribution in [0.2, 0.25) is 0 Å². The van der Waals surface area contributed by atoms with E-state index in [2.05, 4.69) is 15.9 Å². The lowest BCUT2D eigenvalue weighted by atomic mass is 9.99. The minimum Gasteiger partial charge on any atom is -0.285 e. The molecule has 2 rings (SSSR count). The van der Waals surface area contributed by atoms with Crippen LogP contribution >= 0.6 is 15.9 Å². The van der Waals surface area contributed by atoms with Crippen LogP contribution in [0.3, 0.4) is 0 Å². The van der Waals surface area contributed by atoms with Gasteiger partial charge in [-0.15, -0.1) is 0 Å². The molecule has 2 amide bonds. The van der Waals surface area contributed by atoms with Gasteiger partial charge < -0.3 is 0 Å². The zero-order valence-corrected chi connectivity index (χ0v) is 8.42.